The number of nitrogens with one attached hydrogen (secondary N) is 1. The van der Waals surface area contributed by atoms with Gasteiger partial charge in [0.2, 0.25) is 5.13 Å². The molecule has 0 saturated carbocycles. The third-order valence-electron chi connectivity index (χ3n) is 6.59. The molecule has 8 nitrogen and oxygen atoms in total. The van der Waals surface area contributed by atoms with E-state index in [1.165, 1.54) is 18.5 Å². The smallest absolute Gasteiger partial charge is 0.263 e. The second kappa shape index (κ2) is 10.00. The third-order valence-corrected chi connectivity index (χ3v) is 8.63. The van der Waals surface area contributed by atoms with Crippen LogP contribution in [-0.4, -0.2) is 49.1 Å². The van der Waals surface area contributed by atoms with Crippen molar-refractivity contribution in [1.29, 1.82) is 0 Å². The van der Waals surface area contributed by atoms with Gasteiger partial charge in [-0.3, -0.25) is 9.62 Å². The van der Waals surface area contributed by atoms with Crippen molar-refractivity contribution in [3.63, 3.8) is 0 Å². The van der Waals surface area contributed by atoms with Crippen LogP contribution < -0.4 is 9.46 Å². The van der Waals surface area contributed by atoms with Gasteiger partial charge in [-0.1, -0.05) is 18.2 Å². The molecule has 1 N–H and O–H groups in total. The first kappa shape index (κ1) is 23.8. The molecule has 3 atom stereocenters. The van der Waals surface area contributed by atoms with E-state index in [4.69, 9.17) is 4.74 Å². The minimum Gasteiger partial charge on any atom is -0.493 e. The summed E-state index contributed by atoms with van der Waals surface area (Å²) in [5.74, 6) is 0.663. The number of sulfonamides is 1. The van der Waals surface area contributed by atoms with Crippen molar-refractivity contribution >= 4 is 32.9 Å². The van der Waals surface area contributed by atoms with Gasteiger partial charge < -0.3 is 9.73 Å². The molecule has 3 aromatic rings. The molecule has 1 saturated heterocycles. The number of likely N-dealkylation sites (tertiary alicyclic amines) is 1. The van der Waals surface area contributed by atoms with E-state index < -0.39 is 10.0 Å². The van der Waals surface area contributed by atoms with Gasteiger partial charge in [-0.25, -0.2) is 17.8 Å². The van der Waals surface area contributed by atoms with E-state index in [-0.39, 0.29) is 27.9 Å². The van der Waals surface area contributed by atoms with Crippen molar-refractivity contribution in [2.24, 2.45) is 10.9 Å². The summed E-state index contributed by atoms with van der Waals surface area (Å²) in [6.45, 7) is 1.33. The van der Waals surface area contributed by atoms with Gasteiger partial charge in [-0.05, 0) is 49.1 Å². The van der Waals surface area contributed by atoms with Gasteiger partial charge in [0.15, 0.2) is 0 Å². The van der Waals surface area contributed by atoms with Gasteiger partial charge in [0.25, 0.3) is 10.0 Å². The predicted molar refractivity (Wildman–Crippen MR) is 133 cm³/mol. The highest BCUT2D eigenvalue weighted by Gasteiger charge is 2.37. The number of aliphatic imine (C=N–C) groups is 1. The molecule has 2 aromatic carbocycles. The Morgan fingerprint density at radius 1 is 1.20 bits per heavy atom. The lowest BCUT2D eigenvalue weighted by Crippen LogP contribution is -2.41. The fourth-order valence-corrected chi connectivity index (χ4v) is 6.67. The first-order chi connectivity index (χ1) is 16.9. The fraction of sp³-hybridized carbons (Fsp3) is 0.375. The van der Waals surface area contributed by atoms with Crippen LogP contribution in [0.5, 0.6) is 5.75 Å². The minimum atomic E-state index is -3.82. The highest BCUT2D eigenvalue weighted by molar-refractivity contribution is 7.93. The van der Waals surface area contributed by atoms with Crippen LogP contribution in [0.2, 0.25) is 0 Å². The number of fused-ring (bicyclic) bond motifs is 1. The summed E-state index contributed by atoms with van der Waals surface area (Å²) in [6.07, 6.45) is 5.95. The average molecular weight is 516 g/mol. The predicted octanol–water partition coefficient (Wildman–Crippen LogP) is 4.46. The number of nitrogens with zero attached hydrogens (tertiary/aromatic N) is 4. The van der Waals surface area contributed by atoms with Crippen LogP contribution in [0.4, 0.5) is 9.52 Å². The summed E-state index contributed by atoms with van der Waals surface area (Å²) in [5, 5.41) is 0.210. The molecule has 0 bridgehead atoms. The number of piperidine rings is 1. The zero-order valence-corrected chi connectivity index (χ0v) is 20.8. The van der Waals surface area contributed by atoms with E-state index in [0.717, 1.165) is 48.5 Å². The van der Waals surface area contributed by atoms with E-state index >= 15 is 0 Å². The monoisotopic (exact) mass is 515 g/mol. The van der Waals surface area contributed by atoms with Crippen LogP contribution in [0.1, 0.15) is 42.5 Å². The number of aromatic nitrogens is 2. The van der Waals surface area contributed by atoms with Crippen LogP contribution in [0.15, 0.2) is 58.7 Å². The van der Waals surface area contributed by atoms with E-state index in [1.54, 1.807) is 19.2 Å². The maximum atomic E-state index is 13.6. The maximum Gasteiger partial charge on any atom is 0.263 e. The fourth-order valence-electron chi connectivity index (χ4n) is 5.00. The van der Waals surface area contributed by atoms with Gasteiger partial charge in [0.1, 0.15) is 17.9 Å². The minimum absolute atomic E-state index is 0.0567. The Morgan fingerprint density at radius 3 is 2.77 bits per heavy atom. The van der Waals surface area contributed by atoms with E-state index in [2.05, 4.69) is 24.0 Å². The SMILES string of the molecule is C/N=C\[C@@H]1CCN([C@H]2CCOc3cc(S(=O)(=O)Nc4ncns4)ccc32)[C@H](c2ccc(F)cc2)C1. The van der Waals surface area contributed by atoms with Crippen LogP contribution in [-0.2, 0) is 10.0 Å². The number of hydrogen-bond acceptors (Lipinski definition) is 8. The van der Waals surface area contributed by atoms with E-state index in [0.29, 0.717) is 18.3 Å². The van der Waals surface area contributed by atoms with E-state index in [9.17, 15) is 12.8 Å². The van der Waals surface area contributed by atoms with Crippen LogP contribution in [0.25, 0.3) is 0 Å². The summed E-state index contributed by atoms with van der Waals surface area (Å²) in [7, 11) is -2.03. The molecule has 1 fully saturated rings. The Kier molecular flexibility index (Phi) is 6.81. The summed E-state index contributed by atoms with van der Waals surface area (Å²) >= 11 is 0.973. The lowest BCUT2D eigenvalue weighted by atomic mass is 9.84. The molecule has 0 radical (unpaired) electrons. The van der Waals surface area contributed by atoms with Crippen LogP contribution in [0, 0.1) is 11.7 Å². The van der Waals surface area contributed by atoms with Gasteiger partial charge in [-0.2, -0.15) is 4.37 Å². The number of anilines is 1. The number of benzene rings is 2. The zero-order valence-electron chi connectivity index (χ0n) is 19.2. The van der Waals surface area contributed by atoms with Gasteiger partial charge in [0, 0.05) is 54.9 Å². The highest BCUT2D eigenvalue weighted by atomic mass is 32.2. The third kappa shape index (κ3) is 5.07. The van der Waals surface area contributed by atoms with Gasteiger partial charge in [-0.15, -0.1) is 0 Å². The first-order valence-corrected chi connectivity index (χ1v) is 13.7. The molecular formula is C24H26FN5O3S2. The molecule has 3 heterocycles. The van der Waals surface area contributed by atoms with Crippen molar-refractivity contribution in [2.45, 2.75) is 36.2 Å². The molecule has 2 aliphatic rings. The molecule has 35 heavy (non-hydrogen) atoms. The van der Waals surface area contributed by atoms with Crippen molar-refractivity contribution in [3.05, 3.63) is 65.7 Å². The Hall–Kier alpha value is -2.89. The van der Waals surface area contributed by atoms with Crippen molar-refractivity contribution < 1.29 is 17.5 Å². The topological polar surface area (TPSA) is 96.8 Å². The van der Waals surface area contributed by atoms with Crippen LogP contribution >= 0.6 is 11.5 Å². The standard InChI is InChI=1S/C24H26FN5O3S2/c1-26-14-16-8-10-30(22(12-16)17-2-4-18(25)5-3-17)21-9-11-33-23-13-19(6-7-20(21)23)35(31,32)29-24-27-15-28-34-24/h2-7,13-16,21-22H,8-12H2,1H3,(H,27,28,29)/b26-14-/t16-,21+,22+/m1/s1. The molecule has 184 valence electrons. The number of rotatable bonds is 6. The molecule has 0 aliphatic carbocycles. The normalized spacial score (nSPS) is 23.1. The summed E-state index contributed by atoms with van der Waals surface area (Å²) in [5.41, 5.74) is 2.02. The summed E-state index contributed by atoms with van der Waals surface area (Å²) < 4.78 is 51.5. The quantitative estimate of drug-likeness (QED) is 0.487. The van der Waals surface area contributed by atoms with Gasteiger partial charge >= 0.3 is 0 Å². The Morgan fingerprint density at radius 2 is 2.03 bits per heavy atom. The van der Waals surface area contributed by atoms with E-state index in [1.807, 2.05) is 24.4 Å². The molecule has 0 spiro atoms. The molecule has 1 aromatic heterocycles. The molecule has 0 amide bonds. The van der Waals surface area contributed by atoms with Crippen LogP contribution in [0.3, 0.4) is 0 Å². The first-order valence-electron chi connectivity index (χ1n) is 11.4. The number of ether oxygens (including phenoxy) is 1. The Bertz CT molecular complexity index is 1300. The maximum absolute atomic E-state index is 13.6. The molecule has 5 rings (SSSR count). The van der Waals surface area contributed by atoms with Crippen molar-refractivity contribution in [1.82, 2.24) is 14.3 Å². The summed E-state index contributed by atoms with van der Waals surface area (Å²) in [6, 6.07) is 11.9. The van der Waals surface area contributed by atoms with Crippen molar-refractivity contribution in [2.75, 3.05) is 24.9 Å². The average Bonchev–Trinajstić information content (AvgIpc) is 3.36. The molecule has 2 aliphatic heterocycles. The zero-order chi connectivity index (χ0) is 24.4. The molecule has 11 heteroatoms. The molecule has 0 unspecified atom stereocenters. The highest BCUT2D eigenvalue weighted by Crippen LogP contribution is 2.45. The second-order valence-electron chi connectivity index (χ2n) is 8.70. The number of halogens is 1. The Labute approximate surface area is 208 Å². The molecular weight excluding hydrogens is 489 g/mol. The van der Waals surface area contributed by atoms with Gasteiger partial charge in [0.05, 0.1) is 11.5 Å². The lowest BCUT2D eigenvalue weighted by molar-refractivity contribution is 0.0576. The lowest BCUT2D eigenvalue weighted by Gasteiger charge is -2.45. The summed E-state index contributed by atoms with van der Waals surface area (Å²) in [4.78, 5) is 10.7. The Balaban J connectivity index is 1.45. The number of hydrogen-bond donors (Lipinski definition) is 1. The second-order valence-corrected chi connectivity index (χ2v) is 11.2. The largest absolute Gasteiger partial charge is 0.493 e. The van der Waals surface area contributed by atoms with Crippen molar-refractivity contribution in [3.8, 4) is 5.75 Å².